The molecule has 0 saturated carbocycles. The molecule has 0 bridgehead atoms. The summed E-state index contributed by atoms with van der Waals surface area (Å²) in [6, 6.07) is 6.37. The highest BCUT2D eigenvalue weighted by atomic mass is 16.6. The van der Waals surface area contributed by atoms with E-state index in [4.69, 9.17) is 4.74 Å². The molecule has 5 nitrogen and oxygen atoms in total. The van der Waals surface area contributed by atoms with E-state index in [0.717, 1.165) is 5.56 Å². The molecular formula is C13H17NO4. The molecule has 0 aliphatic carbocycles. The zero-order valence-electron chi connectivity index (χ0n) is 10.8. The molecule has 5 heteroatoms. The quantitative estimate of drug-likeness (QED) is 0.458. The Morgan fingerprint density at radius 2 is 1.89 bits per heavy atom. The third-order valence-corrected chi connectivity index (χ3v) is 2.92. The van der Waals surface area contributed by atoms with Crippen molar-refractivity contribution in [1.82, 2.24) is 0 Å². The number of carbonyl (C=O) groups is 1. The summed E-state index contributed by atoms with van der Waals surface area (Å²) >= 11 is 0. The third-order valence-electron chi connectivity index (χ3n) is 2.92. The van der Waals surface area contributed by atoms with Crippen molar-refractivity contribution in [3.8, 4) is 0 Å². The van der Waals surface area contributed by atoms with Crippen LogP contribution in [0.1, 0.15) is 25.8 Å². The van der Waals surface area contributed by atoms with Gasteiger partial charge in [-0.05, 0) is 32.3 Å². The van der Waals surface area contributed by atoms with Crippen molar-refractivity contribution in [3.63, 3.8) is 0 Å². The van der Waals surface area contributed by atoms with Gasteiger partial charge in [0.15, 0.2) is 0 Å². The molecule has 0 aliphatic rings. The first-order valence-corrected chi connectivity index (χ1v) is 5.68. The van der Waals surface area contributed by atoms with Crippen LogP contribution in [0.15, 0.2) is 24.3 Å². The number of esters is 1. The average Bonchev–Trinajstić information content (AvgIpc) is 2.35. The van der Waals surface area contributed by atoms with Crippen LogP contribution in [0.2, 0.25) is 0 Å². The fourth-order valence-electron chi connectivity index (χ4n) is 1.62. The van der Waals surface area contributed by atoms with E-state index in [0.29, 0.717) is 12.8 Å². The van der Waals surface area contributed by atoms with E-state index in [-0.39, 0.29) is 11.7 Å². The molecule has 0 fully saturated rings. The van der Waals surface area contributed by atoms with Gasteiger partial charge in [0, 0.05) is 12.1 Å². The lowest BCUT2D eigenvalue weighted by molar-refractivity contribution is -0.384. The fourth-order valence-corrected chi connectivity index (χ4v) is 1.62. The summed E-state index contributed by atoms with van der Waals surface area (Å²) in [6.07, 6.45) is 1.32. The molecule has 0 amide bonds. The van der Waals surface area contributed by atoms with Gasteiger partial charge < -0.3 is 4.74 Å². The second-order valence-electron chi connectivity index (χ2n) is 4.80. The van der Waals surface area contributed by atoms with Crippen LogP contribution in [-0.4, -0.2) is 18.0 Å². The van der Waals surface area contributed by atoms with E-state index in [1.165, 1.54) is 19.2 Å². The molecular weight excluding hydrogens is 234 g/mol. The molecule has 0 aromatic heterocycles. The number of carbonyl (C=O) groups excluding carboxylic acids is 1. The van der Waals surface area contributed by atoms with Crippen LogP contribution in [-0.2, 0) is 16.0 Å². The van der Waals surface area contributed by atoms with Gasteiger partial charge in [0.2, 0.25) is 0 Å². The number of nitro benzene ring substituents is 1. The summed E-state index contributed by atoms with van der Waals surface area (Å²) in [6.45, 7) is 3.65. The van der Waals surface area contributed by atoms with E-state index in [1.807, 2.05) is 13.8 Å². The van der Waals surface area contributed by atoms with Crippen LogP contribution >= 0.6 is 0 Å². The molecule has 0 N–H and O–H groups in total. The van der Waals surface area contributed by atoms with Gasteiger partial charge >= 0.3 is 5.97 Å². The molecule has 1 aromatic carbocycles. The maximum Gasteiger partial charge on any atom is 0.311 e. The molecule has 1 aromatic rings. The summed E-state index contributed by atoms with van der Waals surface area (Å²) in [5.41, 5.74) is 0.500. The predicted octanol–water partition coefficient (Wildman–Crippen LogP) is 2.73. The molecule has 0 atom stereocenters. The number of nitrogens with zero attached hydrogens (tertiary/aromatic N) is 1. The van der Waals surface area contributed by atoms with Gasteiger partial charge in [0.25, 0.3) is 5.69 Å². The maximum absolute atomic E-state index is 11.5. The van der Waals surface area contributed by atoms with E-state index < -0.39 is 10.3 Å². The number of aryl methyl sites for hydroxylation is 1. The predicted molar refractivity (Wildman–Crippen MR) is 67.2 cm³/mol. The van der Waals surface area contributed by atoms with Crippen LogP contribution in [0, 0.1) is 15.5 Å². The number of methoxy groups -OCH3 is 1. The number of nitro groups is 1. The summed E-state index contributed by atoms with van der Waals surface area (Å²) in [4.78, 5) is 21.6. The number of non-ortho nitro benzene ring substituents is 1. The first-order valence-electron chi connectivity index (χ1n) is 5.68. The Morgan fingerprint density at radius 3 is 2.33 bits per heavy atom. The van der Waals surface area contributed by atoms with Crippen molar-refractivity contribution in [1.29, 1.82) is 0 Å². The van der Waals surface area contributed by atoms with Crippen molar-refractivity contribution in [2.75, 3.05) is 7.11 Å². The van der Waals surface area contributed by atoms with E-state index in [9.17, 15) is 14.9 Å². The van der Waals surface area contributed by atoms with Crippen LogP contribution in [0.25, 0.3) is 0 Å². The number of benzene rings is 1. The molecule has 0 unspecified atom stereocenters. The standard InChI is InChI=1S/C13H17NO4/c1-13(2,12(15)18-3)9-8-10-4-6-11(7-5-10)14(16)17/h4-7H,8-9H2,1-3H3. The minimum atomic E-state index is -0.545. The molecule has 0 saturated heterocycles. The topological polar surface area (TPSA) is 69.4 Å². The number of hydrogen-bond donors (Lipinski definition) is 0. The Balaban J connectivity index is 2.64. The normalized spacial score (nSPS) is 11.1. The third kappa shape index (κ3) is 3.55. The van der Waals surface area contributed by atoms with Crippen molar-refractivity contribution < 1.29 is 14.5 Å². The number of hydrogen-bond acceptors (Lipinski definition) is 4. The van der Waals surface area contributed by atoms with Crippen molar-refractivity contribution in [2.24, 2.45) is 5.41 Å². The summed E-state index contributed by atoms with van der Waals surface area (Å²) in [5.74, 6) is -0.246. The molecule has 0 radical (unpaired) electrons. The lowest BCUT2D eigenvalue weighted by Gasteiger charge is -2.21. The minimum Gasteiger partial charge on any atom is -0.469 e. The fraction of sp³-hybridized carbons (Fsp3) is 0.462. The number of ether oxygens (including phenoxy) is 1. The van der Waals surface area contributed by atoms with Gasteiger partial charge in [0.1, 0.15) is 0 Å². The Kier molecular flexibility index (Phi) is 4.42. The second kappa shape index (κ2) is 5.62. The largest absolute Gasteiger partial charge is 0.469 e. The monoisotopic (exact) mass is 251 g/mol. The highest BCUT2D eigenvalue weighted by Gasteiger charge is 2.28. The van der Waals surface area contributed by atoms with Crippen molar-refractivity contribution in [3.05, 3.63) is 39.9 Å². The molecule has 0 aliphatic heterocycles. The highest BCUT2D eigenvalue weighted by molar-refractivity contribution is 5.75. The van der Waals surface area contributed by atoms with Crippen molar-refractivity contribution in [2.45, 2.75) is 26.7 Å². The zero-order valence-corrected chi connectivity index (χ0v) is 10.8. The average molecular weight is 251 g/mol. The molecule has 0 spiro atoms. The minimum absolute atomic E-state index is 0.0750. The summed E-state index contributed by atoms with van der Waals surface area (Å²) < 4.78 is 4.73. The lowest BCUT2D eigenvalue weighted by Crippen LogP contribution is -2.26. The SMILES string of the molecule is COC(=O)C(C)(C)CCc1ccc([N+](=O)[O-])cc1. The van der Waals surface area contributed by atoms with Crippen molar-refractivity contribution >= 4 is 11.7 Å². The van der Waals surface area contributed by atoms with Crippen LogP contribution in [0.3, 0.4) is 0 Å². The first kappa shape index (κ1) is 14.2. The summed E-state index contributed by atoms with van der Waals surface area (Å²) in [5, 5.41) is 10.5. The Labute approximate surface area is 106 Å². The maximum atomic E-state index is 11.5. The Morgan fingerprint density at radius 1 is 1.33 bits per heavy atom. The van der Waals surface area contributed by atoms with Gasteiger partial charge in [-0.3, -0.25) is 14.9 Å². The van der Waals surface area contributed by atoms with Gasteiger partial charge in [-0.15, -0.1) is 0 Å². The lowest BCUT2D eigenvalue weighted by atomic mass is 9.86. The molecule has 98 valence electrons. The van der Waals surface area contributed by atoms with Gasteiger partial charge in [0.05, 0.1) is 17.4 Å². The smallest absolute Gasteiger partial charge is 0.311 e. The van der Waals surface area contributed by atoms with Gasteiger partial charge in [-0.2, -0.15) is 0 Å². The summed E-state index contributed by atoms with van der Waals surface area (Å²) in [7, 11) is 1.37. The molecule has 1 rings (SSSR count). The van der Waals surface area contributed by atoms with Crippen LogP contribution < -0.4 is 0 Å². The first-order chi connectivity index (χ1) is 8.36. The van der Waals surface area contributed by atoms with Gasteiger partial charge in [-0.25, -0.2) is 0 Å². The second-order valence-corrected chi connectivity index (χ2v) is 4.80. The van der Waals surface area contributed by atoms with Crippen LogP contribution in [0.4, 0.5) is 5.69 Å². The number of rotatable bonds is 5. The Hall–Kier alpha value is -1.91. The van der Waals surface area contributed by atoms with Crippen LogP contribution in [0.5, 0.6) is 0 Å². The van der Waals surface area contributed by atoms with E-state index >= 15 is 0 Å². The molecule has 0 heterocycles. The Bertz CT molecular complexity index is 437. The molecule has 18 heavy (non-hydrogen) atoms. The van der Waals surface area contributed by atoms with Gasteiger partial charge in [-0.1, -0.05) is 12.1 Å². The van der Waals surface area contributed by atoms with E-state index in [2.05, 4.69) is 0 Å². The van der Waals surface area contributed by atoms with E-state index in [1.54, 1.807) is 12.1 Å². The highest BCUT2D eigenvalue weighted by Crippen LogP contribution is 2.25. The zero-order chi connectivity index (χ0) is 13.8.